The lowest BCUT2D eigenvalue weighted by Gasteiger charge is -2.40. The molecule has 1 saturated heterocycles. The molecule has 0 aromatic carbocycles. The number of pyridine rings is 1. The van der Waals surface area contributed by atoms with Gasteiger partial charge in [-0.3, -0.25) is 4.79 Å². The van der Waals surface area contributed by atoms with Gasteiger partial charge < -0.3 is 15.0 Å². The van der Waals surface area contributed by atoms with Crippen molar-refractivity contribution in [2.24, 2.45) is 17.3 Å². The molecule has 0 radical (unpaired) electrons. The fourth-order valence-corrected chi connectivity index (χ4v) is 3.41. The first-order valence-electron chi connectivity index (χ1n) is 9.56. The predicted molar refractivity (Wildman–Crippen MR) is 101 cm³/mol. The molecule has 2 atom stereocenters. The number of likely N-dealkylation sites (tertiary alicyclic amines) is 1. The van der Waals surface area contributed by atoms with Crippen molar-refractivity contribution in [1.29, 1.82) is 0 Å². The minimum Gasteiger partial charge on any atom is -0.476 e. The van der Waals surface area contributed by atoms with Crippen LogP contribution in [0, 0.1) is 17.3 Å². The van der Waals surface area contributed by atoms with E-state index in [2.05, 4.69) is 36.1 Å². The van der Waals surface area contributed by atoms with E-state index in [1.807, 2.05) is 0 Å². The van der Waals surface area contributed by atoms with Crippen molar-refractivity contribution in [2.45, 2.75) is 46.3 Å². The Labute approximate surface area is 164 Å². The smallest absolute Gasteiger partial charge is 0.421 e. The molecule has 2 rings (SSSR count). The van der Waals surface area contributed by atoms with Gasteiger partial charge >= 0.3 is 6.18 Å². The molecule has 2 unspecified atom stereocenters. The Morgan fingerprint density at radius 1 is 1.39 bits per heavy atom. The molecule has 1 aromatic rings. The topological polar surface area (TPSA) is 54.5 Å². The lowest BCUT2D eigenvalue weighted by atomic mass is 9.82. The van der Waals surface area contributed by atoms with Crippen molar-refractivity contribution < 1.29 is 22.7 Å². The first-order chi connectivity index (χ1) is 12.9. The van der Waals surface area contributed by atoms with Gasteiger partial charge in [0, 0.05) is 18.8 Å². The number of amides is 1. The number of rotatable bonds is 6. The van der Waals surface area contributed by atoms with Gasteiger partial charge in [-0.15, -0.1) is 0 Å². The van der Waals surface area contributed by atoms with Crippen LogP contribution in [0.15, 0.2) is 18.3 Å². The third-order valence-electron chi connectivity index (χ3n) is 5.29. The largest absolute Gasteiger partial charge is 0.476 e. The average Bonchev–Trinajstić information content (AvgIpc) is 2.60. The van der Waals surface area contributed by atoms with Crippen LogP contribution in [0.1, 0.15) is 39.7 Å². The van der Waals surface area contributed by atoms with Crippen LogP contribution in [0.2, 0.25) is 0 Å². The van der Waals surface area contributed by atoms with Gasteiger partial charge in [-0.05, 0) is 57.8 Å². The fraction of sp³-hybridized carbons (Fsp3) is 0.700. The Morgan fingerprint density at radius 2 is 2.07 bits per heavy atom. The Balaban J connectivity index is 2.04. The summed E-state index contributed by atoms with van der Waals surface area (Å²) in [4.78, 5) is 18.8. The third-order valence-corrected chi connectivity index (χ3v) is 5.29. The van der Waals surface area contributed by atoms with Gasteiger partial charge in [0.15, 0.2) is 0 Å². The fourth-order valence-electron chi connectivity index (χ4n) is 3.41. The minimum absolute atomic E-state index is 0.0450. The van der Waals surface area contributed by atoms with Gasteiger partial charge in [0.05, 0.1) is 5.41 Å². The predicted octanol–water partition coefficient (Wildman–Crippen LogP) is 3.60. The molecule has 1 N–H and O–H groups in total. The van der Waals surface area contributed by atoms with Gasteiger partial charge in [-0.25, -0.2) is 4.98 Å². The molecule has 28 heavy (non-hydrogen) atoms. The lowest BCUT2D eigenvalue weighted by molar-refractivity contribution is -0.139. The number of hydrogen-bond donors (Lipinski definition) is 1. The number of nitrogens with one attached hydrogen (secondary N) is 1. The second-order valence-corrected chi connectivity index (χ2v) is 8.57. The van der Waals surface area contributed by atoms with E-state index in [0.717, 1.165) is 25.6 Å². The Bertz CT molecular complexity index is 677. The number of piperidine rings is 1. The maximum atomic E-state index is 13.1. The van der Waals surface area contributed by atoms with Gasteiger partial charge in [-0.2, -0.15) is 13.2 Å². The van der Waals surface area contributed by atoms with Gasteiger partial charge in [0.25, 0.3) is 0 Å². The van der Waals surface area contributed by atoms with Crippen LogP contribution in [0.4, 0.5) is 13.2 Å². The van der Waals surface area contributed by atoms with E-state index < -0.39 is 23.0 Å². The van der Waals surface area contributed by atoms with E-state index in [-0.39, 0.29) is 18.6 Å². The van der Waals surface area contributed by atoms with Crippen LogP contribution >= 0.6 is 0 Å². The summed E-state index contributed by atoms with van der Waals surface area (Å²) in [6.45, 7) is 9.21. The van der Waals surface area contributed by atoms with Crippen LogP contribution in [0.25, 0.3) is 0 Å². The standard InChI is InChI=1S/C20H30F3N3O2/c1-13(2)14-11-26(5)10-8-16(14)25-18(27)19(3,4)12-28-17-15(20(21,22)23)7-6-9-24-17/h6-7,9,13-14,16H,8,10-12H2,1-5H3,(H,25,27). The second kappa shape index (κ2) is 8.68. The summed E-state index contributed by atoms with van der Waals surface area (Å²) < 4.78 is 44.6. The van der Waals surface area contributed by atoms with Crippen LogP contribution in [0.5, 0.6) is 5.88 Å². The first-order valence-corrected chi connectivity index (χ1v) is 9.56. The van der Waals surface area contributed by atoms with Crippen molar-refractivity contribution in [3.8, 4) is 5.88 Å². The average molecular weight is 401 g/mol. The van der Waals surface area contributed by atoms with Gasteiger partial charge in [0.2, 0.25) is 11.8 Å². The molecule has 158 valence electrons. The Hall–Kier alpha value is -1.83. The van der Waals surface area contributed by atoms with Crippen LogP contribution in [0.3, 0.4) is 0 Å². The summed E-state index contributed by atoms with van der Waals surface area (Å²) in [7, 11) is 2.07. The lowest BCUT2D eigenvalue weighted by Crippen LogP contribution is -2.54. The molecule has 0 spiro atoms. The molecule has 0 aliphatic carbocycles. The number of alkyl halides is 3. The number of carbonyl (C=O) groups excluding carboxylic acids is 1. The normalized spacial score (nSPS) is 21.6. The van der Waals surface area contributed by atoms with Crippen LogP contribution in [-0.4, -0.2) is 48.6 Å². The molecule has 2 heterocycles. The zero-order valence-corrected chi connectivity index (χ0v) is 17.1. The van der Waals surface area contributed by atoms with Crippen molar-refractivity contribution in [3.05, 3.63) is 23.9 Å². The molecule has 1 amide bonds. The van der Waals surface area contributed by atoms with Crippen LogP contribution < -0.4 is 10.1 Å². The number of nitrogens with zero attached hydrogens (tertiary/aromatic N) is 2. The molecule has 0 bridgehead atoms. The van der Waals surface area contributed by atoms with E-state index >= 15 is 0 Å². The van der Waals surface area contributed by atoms with E-state index in [1.165, 1.54) is 12.3 Å². The molecule has 1 fully saturated rings. The quantitative estimate of drug-likeness (QED) is 0.791. The van der Waals surface area contributed by atoms with Crippen molar-refractivity contribution >= 4 is 5.91 Å². The van der Waals surface area contributed by atoms with Crippen molar-refractivity contribution in [2.75, 3.05) is 26.7 Å². The zero-order chi connectivity index (χ0) is 21.1. The molecular formula is C20H30F3N3O2. The number of hydrogen-bond acceptors (Lipinski definition) is 4. The summed E-state index contributed by atoms with van der Waals surface area (Å²) in [5.74, 6) is 0.00901. The van der Waals surface area contributed by atoms with E-state index in [9.17, 15) is 18.0 Å². The molecule has 1 aliphatic rings. The molecule has 0 saturated carbocycles. The highest BCUT2D eigenvalue weighted by Gasteiger charge is 2.38. The monoisotopic (exact) mass is 401 g/mol. The number of halogens is 3. The summed E-state index contributed by atoms with van der Waals surface area (Å²) in [5.41, 5.74) is -1.94. The van der Waals surface area contributed by atoms with Gasteiger partial charge in [-0.1, -0.05) is 13.8 Å². The second-order valence-electron chi connectivity index (χ2n) is 8.57. The number of carbonyl (C=O) groups is 1. The first kappa shape index (κ1) is 22.5. The highest BCUT2D eigenvalue weighted by atomic mass is 19.4. The Kier molecular flexibility index (Phi) is 6.96. The maximum Gasteiger partial charge on any atom is 0.421 e. The maximum absolute atomic E-state index is 13.1. The number of ether oxygens (including phenoxy) is 1. The van der Waals surface area contributed by atoms with E-state index in [0.29, 0.717) is 11.8 Å². The van der Waals surface area contributed by atoms with Gasteiger partial charge in [0.1, 0.15) is 12.2 Å². The highest BCUT2D eigenvalue weighted by molar-refractivity contribution is 5.82. The number of aromatic nitrogens is 1. The summed E-state index contributed by atoms with van der Waals surface area (Å²) >= 11 is 0. The third kappa shape index (κ3) is 5.59. The minimum atomic E-state index is -4.56. The van der Waals surface area contributed by atoms with Crippen LogP contribution in [-0.2, 0) is 11.0 Å². The Morgan fingerprint density at radius 3 is 2.68 bits per heavy atom. The van der Waals surface area contributed by atoms with Crippen molar-refractivity contribution in [1.82, 2.24) is 15.2 Å². The SMILES string of the molecule is CC(C)C1CN(C)CCC1NC(=O)C(C)(C)COc1ncccc1C(F)(F)F. The molecular weight excluding hydrogens is 371 g/mol. The molecule has 1 aliphatic heterocycles. The van der Waals surface area contributed by atoms with E-state index in [1.54, 1.807) is 13.8 Å². The molecule has 1 aromatic heterocycles. The zero-order valence-electron chi connectivity index (χ0n) is 17.1. The molecule has 5 nitrogen and oxygen atoms in total. The summed E-state index contributed by atoms with van der Waals surface area (Å²) in [6.07, 6.45) is -2.47. The summed E-state index contributed by atoms with van der Waals surface area (Å²) in [5, 5.41) is 3.10. The summed E-state index contributed by atoms with van der Waals surface area (Å²) in [6, 6.07) is 2.17. The molecule has 8 heteroatoms. The van der Waals surface area contributed by atoms with Crippen molar-refractivity contribution in [3.63, 3.8) is 0 Å². The highest BCUT2D eigenvalue weighted by Crippen LogP contribution is 2.35. The van der Waals surface area contributed by atoms with E-state index in [4.69, 9.17) is 4.74 Å².